The molecule has 3 aromatic carbocycles. The zero-order valence-corrected chi connectivity index (χ0v) is 24.5. The fourth-order valence-electron chi connectivity index (χ4n) is 4.00. The standard InChI is InChI=1S/C28H34N2O5S.Na/c1-2-3-4-5-6-7-8-9-10-18-28(31)35-27-20-19-26(24-16-11-12-17-25(24)27)30-29-22-14-13-15-23(21-22)36(32,33)34;/h11-17,19-21H,2-10,18H2,1H3,(H,32,33,34);/q;+1/p-1/b30-29+;. The van der Waals surface area contributed by atoms with Gasteiger partial charge >= 0.3 is 35.5 Å². The number of carbonyl (C=O) groups excluding carboxylic acids is 1. The van der Waals surface area contributed by atoms with Crippen molar-refractivity contribution in [3.05, 3.63) is 60.7 Å². The molecule has 0 aromatic heterocycles. The van der Waals surface area contributed by atoms with Crippen LogP contribution < -0.4 is 34.3 Å². The molecule has 0 amide bonds. The van der Waals surface area contributed by atoms with Gasteiger partial charge in [0.1, 0.15) is 15.9 Å². The van der Waals surface area contributed by atoms with Crippen molar-refractivity contribution in [3.8, 4) is 5.75 Å². The zero-order valence-electron chi connectivity index (χ0n) is 21.7. The van der Waals surface area contributed by atoms with Gasteiger partial charge in [-0.3, -0.25) is 4.79 Å². The molecule has 37 heavy (non-hydrogen) atoms. The molecule has 0 fully saturated rings. The predicted molar refractivity (Wildman–Crippen MR) is 140 cm³/mol. The van der Waals surface area contributed by atoms with E-state index in [2.05, 4.69) is 17.2 Å². The van der Waals surface area contributed by atoms with Crippen LogP contribution in [-0.2, 0) is 14.9 Å². The fraction of sp³-hybridized carbons (Fsp3) is 0.393. The molecule has 0 saturated heterocycles. The van der Waals surface area contributed by atoms with E-state index >= 15 is 0 Å². The number of esters is 1. The number of fused-ring (bicyclic) bond motifs is 1. The number of carbonyl (C=O) groups is 1. The summed E-state index contributed by atoms with van der Waals surface area (Å²) in [6.07, 6.45) is 11.0. The topological polar surface area (TPSA) is 108 Å². The Bertz CT molecular complexity index is 1290. The quantitative estimate of drug-likeness (QED) is 0.0726. The van der Waals surface area contributed by atoms with Crippen molar-refractivity contribution in [2.24, 2.45) is 10.2 Å². The van der Waals surface area contributed by atoms with E-state index < -0.39 is 10.1 Å². The summed E-state index contributed by atoms with van der Waals surface area (Å²) in [4.78, 5) is 12.1. The largest absolute Gasteiger partial charge is 1.00 e. The first kappa shape index (κ1) is 31.1. The van der Waals surface area contributed by atoms with Crippen molar-refractivity contribution >= 4 is 38.2 Å². The number of ether oxygens (including phenoxy) is 1. The van der Waals surface area contributed by atoms with E-state index in [0.717, 1.165) is 30.0 Å². The Kier molecular flexibility index (Phi) is 13.5. The Morgan fingerprint density at radius 2 is 1.46 bits per heavy atom. The van der Waals surface area contributed by atoms with Crippen LogP contribution in [0.15, 0.2) is 75.8 Å². The Labute approximate surface area is 241 Å². The fourth-order valence-corrected chi connectivity index (χ4v) is 4.51. The van der Waals surface area contributed by atoms with Crippen molar-refractivity contribution in [1.29, 1.82) is 0 Å². The molecule has 192 valence electrons. The van der Waals surface area contributed by atoms with E-state index in [-0.39, 0.29) is 46.1 Å². The maximum Gasteiger partial charge on any atom is 1.00 e. The molecule has 0 saturated carbocycles. The summed E-state index contributed by atoms with van der Waals surface area (Å²) in [6, 6.07) is 16.2. The summed E-state index contributed by atoms with van der Waals surface area (Å²) < 4.78 is 39.4. The van der Waals surface area contributed by atoms with Gasteiger partial charge in [0.2, 0.25) is 0 Å². The van der Waals surface area contributed by atoms with Gasteiger partial charge in [-0.2, -0.15) is 5.11 Å². The third-order valence-corrected chi connectivity index (χ3v) is 6.78. The molecule has 0 radical (unpaired) electrons. The van der Waals surface area contributed by atoms with Crippen LogP contribution in [0.25, 0.3) is 10.8 Å². The molecule has 0 spiro atoms. The second-order valence-corrected chi connectivity index (χ2v) is 10.2. The molecular weight excluding hydrogens is 499 g/mol. The van der Waals surface area contributed by atoms with Crippen LogP contribution in [0.2, 0.25) is 0 Å². The molecule has 0 aliphatic rings. The smallest absolute Gasteiger partial charge is 0.744 e. The van der Waals surface area contributed by atoms with Crippen LogP contribution >= 0.6 is 0 Å². The Balaban J connectivity index is 0.00000481. The van der Waals surface area contributed by atoms with Crippen LogP contribution in [0.4, 0.5) is 11.4 Å². The molecule has 9 heteroatoms. The third-order valence-electron chi connectivity index (χ3n) is 5.95. The summed E-state index contributed by atoms with van der Waals surface area (Å²) in [6.45, 7) is 2.22. The summed E-state index contributed by atoms with van der Waals surface area (Å²) in [5, 5.41) is 9.79. The van der Waals surface area contributed by atoms with Crippen molar-refractivity contribution < 1.29 is 52.1 Å². The maximum atomic E-state index is 12.4. The van der Waals surface area contributed by atoms with E-state index in [9.17, 15) is 17.8 Å². The van der Waals surface area contributed by atoms with Gasteiger partial charge in [-0.1, -0.05) is 88.6 Å². The molecular formula is C28H33N2NaO5S. The van der Waals surface area contributed by atoms with Crippen molar-refractivity contribution in [2.75, 3.05) is 0 Å². The maximum absolute atomic E-state index is 12.4. The molecule has 3 rings (SSSR count). The Morgan fingerprint density at radius 1 is 0.811 bits per heavy atom. The van der Waals surface area contributed by atoms with E-state index in [1.54, 1.807) is 18.2 Å². The Hall–Kier alpha value is -2.10. The molecule has 0 unspecified atom stereocenters. The zero-order chi connectivity index (χ0) is 25.8. The number of hydrogen-bond acceptors (Lipinski definition) is 7. The van der Waals surface area contributed by atoms with Gasteiger partial charge in [-0.15, -0.1) is 5.11 Å². The number of nitrogens with zero attached hydrogens (tertiary/aromatic N) is 2. The van der Waals surface area contributed by atoms with Crippen LogP contribution in [0.3, 0.4) is 0 Å². The molecule has 0 heterocycles. The average molecular weight is 533 g/mol. The van der Waals surface area contributed by atoms with Gasteiger partial charge in [0.25, 0.3) is 0 Å². The van der Waals surface area contributed by atoms with Gasteiger partial charge in [0, 0.05) is 17.2 Å². The molecule has 0 N–H and O–H groups in total. The number of rotatable bonds is 14. The molecule has 7 nitrogen and oxygen atoms in total. The van der Waals surface area contributed by atoms with Crippen LogP contribution in [-0.4, -0.2) is 18.9 Å². The molecule has 0 atom stereocenters. The summed E-state index contributed by atoms with van der Waals surface area (Å²) >= 11 is 0. The van der Waals surface area contributed by atoms with E-state index in [1.807, 2.05) is 24.3 Å². The van der Waals surface area contributed by atoms with Gasteiger partial charge in [-0.05, 0) is 36.8 Å². The first-order chi connectivity index (χ1) is 17.4. The van der Waals surface area contributed by atoms with E-state index in [1.165, 1.54) is 56.7 Å². The first-order valence-electron chi connectivity index (χ1n) is 12.6. The van der Waals surface area contributed by atoms with Gasteiger partial charge in [-0.25, -0.2) is 8.42 Å². The van der Waals surface area contributed by atoms with Gasteiger partial charge in [0.15, 0.2) is 0 Å². The molecule has 0 bridgehead atoms. The predicted octanol–water partition coefficient (Wildman–Crippen LogP) is 4.99. The minimum atomic E-state index is -4.58. The summed E-state index contributed by atoms with van der Waals surface area (Å²) in [7, 11) is -4.58. The van der Waals surface area contributed by atoms with E-state index in [4.69, 9.17) is 4.74 Å². The van der Waals surface area contributed by atoms with E-state index in [0.29, 0.717) is 17.9 Å². The molecule has 0 aliphatic heterocycles. The number of unbranched alkanes of at least 4 members (excludes halogenated alkanes) is 8. The van der Waals surface area contributed by atoms with Crippen molar-refractivity contribution in [3.63, 3.8) is 0 Å². The Morgan fingerprint density at radius 3 is 2.14 bits per heavy atom. The third kappa shape index (κ3) is 10.3. The number of benzene rings is 3. The minimum absolute atomic E-state index is 0. The van der Waals surface area contributed by atoms with Gasteiger partial charge < -0.3 is 9.29 Å². The summed E-state index contributed by atoms with van der Waals surface area (Å²) in [5.74, 6) is 0.207. The average Bonchev–Trinajstić information content (AvgIpc) is 2.87. The number of azo groups is 1. The van der Waals surface area contributed by atoms with Crippen LogP contribution in [0, 0.1) is 0 Å². The second kappa shape index (κ2) is 16.0. The van der Waals surface area contributed by atoms with Crippen LogP contribution in [0.1, 0.15) is 71.1 Å². The SMILES string of the molecule is CCCCCCCCCCCC(=O)Oc1ccc(/N=N/c2cccc(S(=O)(=O)[O-])c2)c2ccccc12.[Na+]. The first-order valence-corrected chi connectivity index (χ1v) is 14.0. The van der Waals surface area contributed by atoms with Gasteiger partial charge in [0.05, 0.1) is 16.3 Å². The number of hydrogen-bond donors (Lipinski definition) is 0. The van der Waals surface area contributed by atoms with Crippen molar-refractivity contribution in [2.45, 2.75) is 76.0 Å². The molecule has 0 aliphatic carbocycles. The minimum Gasteiger partial charge on any atom is -0.744 e. The normalized spacial score (nSPS) is 11.5. The second-order valence-electron chi connectivity index (χ2n) is 8.83. The summed E-state index contributed by atoms with van der Waals surface area (Å²) in [5.41, 5.74) is 0.771. The molecule has 3 aromatic rings. The monoisotopic (exact) mass is 532 g/mol. The van der Waals surface area contributed by atoms with Crippen LogP contribution in [0.5, 0.6) is 5.75 Å². The van der Waals surface area contributed by atoms with Crippen molar-refractivity contribution in [1.82, 2.24) is 0 Å².